The second-order valence-corrected chi connectivity index (χ2v) is 4.77. The van der Waals surface area contributed by atoms with E-state index in [4.69, 9.17) is 9.47 Å². The lowest BCUT2D eigenvalue weighted by molar-refractivity contribution is 0.158. The average Bonchev–Trinajstić information content (AvgIpc) is 2.48. The number of piperidine rings is 1. The topological polar surface area (TPSA) is 43.4 Å². The highest BCUT2D eigenvalue weighted by Crippen LogP contribution is 2.28. The fourth-order valence-electron chi connectivity index (χ4n) is 2.41. The molecule has 19 heavy (non-hydrogen) atoms. The highest BCUT2D eigenvalue weighted by Gasteiger charge is 2.16. The molecule has 2 heterocycles. The van der Waals surface area contributed by atoms with Gasteiger partial charge in [0.15, 0.2) is 0 Å². The van der Waals surface area contributed by atoms with E-state index in [0.717, 1.165) is 42.5 Å². The summed E-state index contributed by atoms with van der Waals surface area (Å²) < 4.78 is 11.3. The number of hydrogen-bond donors (Lipinski definition) is 1. The van der Waals surface area contributed by atoms with Gasteiger partial charge in [0.2, 0.25) is 5.88 Å². The number of hydrogen-bond acceptors (Lipinski definition) is 4. The fourth-order valence-corrected chi connectivity index (χ4v) is 2.41. The number of methoxy groups -OCH3 is 1. The van der Waals surface area contributed by atoms with Gasteiger partial charge in [-0.25, -0.2) is 4.98 Å². The number of ether oxygens (including phenoxy) is 2. The van der Waals surface area contributed by atoms with E-state index in [1.165, 1.54) is 0 Å². The summed E-state index contributed by atoms with van der Waals surface area (Å²) in [5, 5.41) is 5.47. The zero-order valence-corrected chi connectivity index (χ0v) is 11.1. The van der Waals surface area contributed by atoms with Crippen molar-refractivity contribution in [2.24, 2.45) is 0 Å². The Morgan fingerprint density at radius 1 is 1.21 bits per heavy atom. The molecule has 3 rings (SSSR count). The number of pyridine rings is 1. The summed E-state index contributed by atoms with van der Waals surface area (Å²) >= 11 is 0. The summed E-state index contributed by atoms with van der Waals surface area (Å²) in [6.07, 6.45) is 4.11. The average molecular weight is 258 g/mol. The first kappa shape index (κ1) is 12.2. The van der Waals surface area contributed by atoms with Crippen LogP contribution in [0.1, 0.15) is 12.8 Å². The number of aromatic nitrogens is 1. The molecule has 0 bridgehead atoms. The zero-order valence-electron chi connectivity index (χ0n) is 11.1. The molecule has 0 atom stereocenters. The van der Waals surface area contributed by atoms with Gasteiger partial charge in [0, 0.05) is 11.6 Å². The van der Waals surface area contributed by atoms with Crippen molar-refractivity contribution in [3.63, 3.8) is 0 Å². The predicted molar refractivity (Wildman–Crippen MR) is 74.8 cm³/mol. The Bertz CT molecular complexity index is 565. The van der Waals surface area contributed by atoms with Gasteiger partial charge >= 0.3 is 0 Å². The maximum atomic E-state index is 6.06. The highest BCUT2D eigenvalue weighted by molar-refractivity contribution is 5.87. The van der Waals surface area contributed by atoms with Gasteiger partial charge < -0.3 is 14.8 Å². The first-order valence-electron chi connectivity index (χ1n) is 6.67. The van der Waals surface area contributed by atoms with Gasteiger partial charge in [-0.05, 0) is 49.5 Å². The van der Waals surface area contributed by atoms with Gasteiger partial charge in [-0.2, -0.15) is 0 Å². The maximum absolute atomic E-state index is 6.06. The standard InChI is InChI=1S/C15H18N2O2/c1-18-13-3-2-11-4-9-17-15(14(11)10-13)19-12-5-7-16-8-6-12/h2-4,9-10,12,16H,5-8H2,1H3. The van der Waals surface area contributed by atoms with Crippen molar-refractivity contribution in [3.8, 4) is 11.6 Å². The molecule has 0 aliphatic carbocycles. The molecular formula is C15H18N2O2. The molecule has 0 amide bonds. The molecule has 0 unspecified atom stereocenters. The second-order valence-electron chi connectivity index (χ2n) is 4.77. The van der Waals surface area contributed by atoms with E-state index in [-0.39, 0.29) is 6.10 Å². The lowest BCUT2D eigenvalue weighted by Crippen LogP contribution is -2.34. The van der Waals surface area contributed by atoms with Crippen molar-refractivity contribution in [2.45, 2.75) is 18.9 Å². The van der Waals surface area contributed by atoms with Gasteiger partial charge in [0.1, 0.15) is 11.9 Å². The largest absolute Gasteiger partial charge is 0.497 e. The fraction of sp³-hybridized carbons (Fsp3) is 0.400. The maximum Gasteiger partial charge on any atom is 0.221 e. The van der Waals surface area contributed by atoms with Crippen LogP contribution < -0.4 is 14.8 Å². The molecule has 100 valence electrons. The molecule has 1 N–H and O–H groups in total. The SMILES string of the molecule is COc1ccc2ccnc(OC3CCNCC3)c2c1. The summed E-state index contributed by atoms with van der Waals surface area (Å²) in [6.45, 7) is 2.03. The van der Waals surface area contributed by atoms with E-state index in [1.807, 2.05) is 24.3 Å². The molecule has 1 fully saturated rings. The molecule has 4 nitrogen and oxygen atoms in total. The summed E-state index contributed by atoms with van der Waals surface area (Å²) in [4.78, 5) is 4.38. The normalized spacial score (nSPS) is 16.5. The van der Waals surface area contributed by atoms with Gasteiger partial charge in [0.25, 0.3) is 0 Å². The van der Waals surface area contributed by atoms with Crippen LogP contribution in [0.15, 0.2) is 30.5 Å². The van der Waals surface area contributed by atoms with Crippen molar-refractivity contribution in [2.75, 3.05) is 20.2 Å². The molecule has 1 saturated heterocycles. The van der Waals surface area contributed by atoms with Crippen LogP contribution >= 0.6 is 0 Å². The molecule has 0 saturated carbocycles. The summed E-state index contributed by atoms with van der Waals surface area (Å²) in [5.41, 5.74) is 0. The van der Waals surface area contributed by atoms with Crippen LogP contribution in [0.2, 0.25) is 0 Å². The third-order valence-electron chi connectivity index (χ3n) is 3.50. The first-order chi connectivity index (χ1) is 9.36. The van der Waals surface area contributed by atoms with E-state index < -0.39 is 0 Å². The Kier molecular flexibility index (Phi) is 3.51. The minimum atomic E-state index is 0.255. The van der Waals surface area contributed by atoms with Crippen LogP contribution in [-0.2, 0) is 0 Å². The molecule has 1 aromatic heterocycles. The molecule has 2 aromatic rings. The Morgan fingerprint density at radius 2 is 2.05 bits per heavy atom. The molecule has 1 aromatic carbocycles. The minimum absolute atomic E-state index is 0.255. The van der Waals surface area contributed by atoms with Crippen molar-refractivity contribution >= 4 is 10.8 Å². The Labute approximate surface area is 112 Å². The number of nitrogens with one attached hydrogen (secondary N) is 1. The molecular weight excluding hydrogens is 240 g/mol. The van der Waals surface area contributed by atoms with Crippen LogP contribution in [0.3, 0.4) is 0 Å². The molecule has 0 spiro atoms. The Morgan fingerprint density at radius 3 is 2.84 bits per heavy atom. The van der Waals surface area contributed by atoms with Crippen LogP contribution in [-0.4, -0.2) is 31.3 Å². The van der Waals surface area contributed by atoms with E-state index in [2.05, 4.69) is 10.3 Å². The van der Waals surface area contributed by atoms with Crippen LogP contribution in [0.25, 0.3) is 10.8 Å². The number of benzene rings is 1. The van der Waals surface area contributed by atoms with Gasteiger partial charge in [-0.15, -0.1) is 0 Å². The van der Waals surface area contributed by atoms with Gasteiger partial charge in [0.05, 0.1) is 7.11 Å². The predicted octanol–water partition coefficient (Wildman–Crippen LogP) is 2.37. The van der Waals surface area contributed by atoms with Crippen molar-refractivity contribution < 1.29 is 9.47 Å². The van der Waals surface area contributed by atoms with Crippen molar-refractivity contribution in [3.05, 3.63) is 30.5 Å². The number of nitrogens with zero attached hydrogens (tertiary/aromatic N) is 1. The van der Waals surface area contributed by atoms with Crippen molar-refractivity contribution in [1.29, 1.82) is 0 Å². The Balaban J connectivity index is 1.92. The van der Waals surface area contributed by atoms with Crippen molar-refractivity contribution in [1.82, 2.24) is 10.3 Å². The summed E-state index contributed by atoms with van der Waals surface area (Å²) in [5.74, 6) is 1.54. The first-order valence-corrected chi connectivity index (χ1v) is 6.67. The van der Waals surface area contributed by atoms with E-state index in [0.29, 0.717) is 5.88 Å². The quantitative estimate of drug-likeness (QED) is 0.918. The summed E-state index contributed by atoms with van der Waals surface area (Å²) in [6, 6.07) is 7.96. The highest BCUT2D eigenvalue weighted by atomic mass is 16.5. The lowest BCUT2D eigenvalue weighted by Gasteiger charge is -2.23. The smallest absolute Gasteiger partial charge is 0.221 e. The number of rotatable bonds is 3. The van der Waals surface area contributed by atoms with Gasteiger partial charge in [-0.1, -0.05) is 6.07 Å². The molecule has 1 aliphatic heterocycles. The van der Waals surface area contributed by atoms with Gasteiger partial charge in [-0.3, -0.25) is 0 Å². The molecule has 0 radical (unpaired) electrons. The summed E-state index contributed by atoms with van der Waals surface area (Å²) in [7, 11) is 1.67. The molecule has 1 aliphatic rings. The monoisotopic (exact) mass is 258 g/mol. The van der Waals surface area contributed by atoms with E-state index >= 15 is 0 Å². The van der Waals surface area contributed by atoms with Crippen LogP contribution in [0.4, 0.5) is 0 Å². The second kappa shape index (κ2) is 5.45. The van der Waals surface area contributed by atoms with Crippen LogP contribution in [0.5, 0.6) is 11.6 Å². The zero-order chi connectivity index (χ0) is 13.1. The number of fused-ring (bicyclic) bond motifs is 1. The molecule has 4 heteroatoms. The van der Waals surface area contributed by atoms with Crippen LogP contribution in [0, 0.1) is 0 Å². The van der Waals surface area contributed by atoms with E-state index in [1.54, 1.807) is 13.3 Å². The third kappa shape index (κ3) is 2.63. The minimum Gasteiger partial charge on any atom is -0.497 e. The third-order valence-corrected chi connectivity index (χ3v) is 3.50. The van der Waals surface area contributed by atoms with E-state index in [9.17, 15) is 0 Å². The Hall–Kier alpha value is -1.81. The lowest BCUT2D eigenvalue weighted by atomic mass is 10.1.